The van der Waals surface area contributed by atoms with Gasteiger partial charge in [0, 0.05) is 12.1 Å². The van der Waals surface area contributed by atoms with Crippen molar-refractivity contribution in [2.24, 2.45) is 5.92 Å². The number of nitrogens with one attached hydrogen (secondary N) is 1. The van der Waals surface area contributed by atoms with Crippen molar-refractivity contribution in [2.75, 3.05) is 0 Å². The van der Waals surface area contributed by atoms with E-state index in [1.54, 1.807) is 6.07 Å². The Bertz CT molecular complexity index is 357. The Hall–Kier alpha value is -0.960. The standard InChI is InChI=1S/C15H23FN2/c1-11(13-6-4-3-5-7-13)18-12(2)15-9-8-14(16)10-17-15/h8-13,18H,3-7H2,1-2H3/t11-,12?/m0/s1. The Morgan fingerprint density at radius 2 is 1.94 bits per heavy atom. The molecule has 0 bridgehead atoms. The minimum absolute atomic E-state index is 0.183. The van der Waals surface area contributed by atoms with Crippen LogP contribution in [-0.4, -0.2) is 11.0 Å². The second kappa shape index (κ2) is 6.28. The zero-order valence-corrected chi connectivity index (χ0v) is 11.3. The first-order valence-electron chi connectivity index (χ1n) is 7.04. The molecular weight excluding hydrogens is 227 g/mol. The molecule has 1 unspecified atom stereocenters. The van der Waals surface area contributed by atoms with Crippen molar-refractivity contribution < 1.29 is 4.39 Å². The maximum absolute atomic E-state index is 12.8. The van der Waals surface area contributed by atoms with E-state index in [-0.39, 0.29) is 11.9 Å². The molecule has 1 aliphatic carbocycles. The van der Waals surface area contributed by atoms with Crippen LogP contribution in [0, 0.1) is 11.7 Å². The van der Waals surface area contributed by atoms with Gasteiger partial charge in [0.15, 0.2) is 0 Å². The Morgan fingerprint density at radius 1 is 1.22 bits per heavy atom. The molecule has 0 radical (unpaired) electrons. The molecule has 1 fully saturated rings. The van der Waals surface area contributed by atoms with Gasteiger partial charge in [0.05, 0.1) is 11.9 Å². The van der Waals surface area contributed by atoms with Gasteiger partial charge in [-0.05, 0) is 44.7 Å². The van der Waals surface area contributed by atoms with Crippen molar-refractivity contribution in [3.05, 3.63) is 29.8 Å². The molecule has 0 aliphatic heterocycles. The van der Waals surface area contributed by atoms with E-state index in [0.29, 0.717) is 6.04 Å². The number of hydrogen-bond donors (Lipinski definition) is 1. The fourth-order valence-electron chi connectivity index (χ4n) is 2.89. The monoisotopic (exact) mass is 250 g/mol. The molecule has 0 spiro atoms. The van der Waals surface area contributed by atoms with Gasteiger partial charge >= 0.3 is 0 Å². The molecule has 1 N–H and O–H groups in total. The largest absolute Gasteiger partial charge is 0.306 e. The summed E-state index contributed by atoms with van der Waals surface area (Å²) in [6, 6.07) is 3.93. The molecule has 1 aromatic heterocycles. The summed E-state index contributed by atoms with van der Waals surface area (Å²) in [5.41, 5.74) is 0.916. The molecule has 18 heavy (non-hydrogen) atoms. The summed E-state index contributed by atoms with van der Waals surface area (Å²) in [6.45, 7) is 4.36. The van der Waals surface area contributed by atoms with Crippen LogP contribution in [0.15, 0.2) is 18.3 Å². The number of pyridine rings is 1. The summed E-state index contributed by atoms with van der Waals surface area (Å²) >= 11 is 0. The molecule has 2 nitrogen and oxygen atoms in total. The van der Waals surface area contributed by atoms with Gasteiger partial charge in [0.2, 0.25) is 0 Å². The fraction of sp³-hybridized carbons (Fsp3) is 0.667. The van der Waals surface area contributed by atoms with Crippen LogP contribution in [0.2, 0.25) is 0 Å². The van der Waals surface area contributed by atoms with Crippen LogP contribution in [0.25, 0.3) is 0 Å². The number of nitrogens with zero attached hydrogens (tertiary/aromatic N) is 1. The number of rotatable bonds is 4. The first-order valence-corrected chi connectivity index (χ1v) is 7.04. The van der Waals surface area contributed by atoms with Crippen molar-refractivity contribution in [3.8, 4) is 0 Å². The molecule has 2 rings (SSSR count). The smallest absolute Gasteiger partial charge is 0.141 e. The summed E-state index contributed by atoms with van der Waals surface area (Å²) in [4.78, 5) is 4.14. The van der Waals surface area contributed by atoms with Gasteiger partial charge in [-0.25, -0.2) is 4.39 Å². The molecule has 3 heteroatoms. The average Bonchev–Trinajstić information content (AvgIpc) is 2.40. The molecular formula is C15H23FN2. The van der Waals surface area contributed by atoms with Crippen molar-refractivity contribution in [1.82, 2.24) is 10.3 Å². The summed E-state index contributed by atoms with van der Waals surface area (Å²) in [6.07, 6.45) is 8.06. The van der Waals surface area contributed by atoms with Crippen LogP contribution in [0.3, 0.4) is 0 Å². The molecule has 0 saturated heterocycles. The van der Waals surface area contributed by atoms with Crippen LogP contribution in [0.4, 0.5) is 4.39 Å². The van der Waals surface area contributed by atoms with E-state index >= 15 is 0 Å². The number of hydrogen-bond acceptors (Lipinski definition) is 2. The lowest BCUT2D eigenvalue weighted by Crippen LogP contribution is -2.36. The lowest BCUT2D eigenvalue weighted by atomic mass is 9.84. The Labute approximate surface area is 109 Å². The first kappa shape index (κ1) is 13.5. The van der Waals surface area contributed by atoms with Crippen molar-refractivity contribution >= 4 is 0 Å². The van der Waals surface area contributed by atoms with Gasteiger partial charge in [-0.3, -0.25) is 4.98 Å². The molecule has 1 saturated carbocycles. The third kappa shape index (κ3) is 3.52. The van der Waals surface area contributed by atoms with Gasteiger partial charge in [-0.2, -0.15) is 0 Å². The van der Waals surface area contributed by atoms with Gasteiger partial charge in [-0.15, -0.1) is 0 Å². The summed E-state index contributed by atoms with van der Waals surface area (Å²) in [7, 11) is 0. The van der Waals surface area contributed by atoms with Crippen LogP contribution < -0.4 is 5.32 Å². The highest BCUT2D eigenvalue weighted by atomic mass is 19.1. The number of aromatic nitrogens is 1. The third-order valence-corrected chi connectivity index (χ3v) is 4.06. The van der Waals surface area contributed by atoms with E-state index in [4.69, 9.17) is 0 Å². The average molecular weight is 250 g/mol. The summed E-state index contributed by atoms with van der Waals surface area (Å²) in [5.74, 6) is 0.507. The fourth-order valence-corrected chi connectivity index (χ4v) is 2.89. The highest BCUT2D eigenvalue weighted by molar-refractivity contribution is 5.09. The topological polar surface area (TPSA) is 24.9 Å². The van der Waals surface area contributed by atoms with E-state index in [0.717, 1.165) is 11.6 Å². The lowest BCUT2D eigenvalue weighted by Gasteiger charge is -2.30. The van der Waals surface area contributed by atoms with E-state index in [1.165, 1.54) is 44.4 Å². The van der Waals surface area contributed by atoms with Crippen molar-refractivity contribution in [1.29, 1.82) is 0 Å². The van der Waals surface area contributed by atoms with Crippen LogP contribution in [0.5, 0.6) is 0 Å². The molecule has 2 atom stereocenters. The predicted molar refractivity (Wildman–Crippen MR) is 71.8 cm³/mol. The maximum atomic E-state index is 12.8. The maximum Gasteiger partial charge on any atom is 0.141 e. The highest BCUT2D eigenvalue weighted by Crippen LogP contribution is 2.27. The lowest BCUT2D eigenvalue weighted by molar-refractivity contribution is 0.267. The molecule has 1 aromatic rings. The third-order valence-electron chi connectivity index (χ3n) is 4.06. The second-order valence-corrected chi connectivity index (χ2v) is 5.48. The van der Waals surface area contributed by atoms with Gasteiger partial charge in [0.1, 0.15) is 5.82 Å². The Balaban J connectivity index is 1.89. The summed E-state index contributed by atoms with van der Waals surface area (Å²) < 4.78 is 12.8. The van der Waals surface area contributed by atoms with Gasteiger partial charge in [-0.1, -0.05) is 19.3 Å². The SMILES string of the molecule is CC(N[C@@H](C)C1CCCCC1)c1ccc(F)cn1. The zero-order chi connectivity index (χ0) is 13.0. The van der Waals surface area contributed by atoms with Crippen molar-refractivity contribution in [3.63, 3.8) is 0 Å². The molecule has 1 heterocycles. The molecule has 0 aromatic carbocycles. The van der Waals surface area contributed by atoms with E-state index in [9.17, 15) is 4.39 Å². The second-order valence-electron chi connectivity index (χ2n) is 5.48. The highest BCUT2D eigenvalue weighted by Gasteiger charge is 2.21. The zero-order valence-electron chi connectivity index (χ0n) is 11.3. The van der Waals surface area contributed by atoms with Crippen LogP contribution >= 0.6 is 0 Å². The normalized spacial score (nSPS) is 20.6. The van der Waals surface area contributed by atoms with E-state index in [2.05, 4.69) is 24.1 Å². The molecule has 0 amide bonds. The quantitative estimate of drug-likeness (QED) is 0.878. The van der Waals surface area contributed by atoms with Crippen LogP contribution in [0.1, 0.15) is 57.7 Å². The first-order chi connectivity index (χ1) is 8.66. The molecule has 100 valence electrons. The Morgan fingerprint density at radius 3 is 2.56 bits per heavy atom. The number of halogens is 1. The van der Waals surface area contributed by atoms with Crippen molar-refractivity contribution in [2.45, 2.75) is 58.0 Å². The predicted octanol–water partition coefficient (Wildman–Crippen LogP) is 3.84. The van der Waals surface area contributed by atoms with Gasteiger partial charge in [0.25, 0.3) is 0 Å². The van der Waals surface area contributed by atoms with E-state index < -0.39 is 0 Å². The van der Waals surface area contributed by atoms with Crippen LogP contribution in [-0.2, 0) is 0 Å². The Kier molecular flexibility index (Phi) is 4.70. The molecule has 1 aliphatic rings. The minimum atomic E-state index is -0.272. The van der Waals surface area contributed by atoms with E-state index in [1.807, 2.05) is 0 Å². The summed E-state index contributed by atoms with van der Waals surface area (Å²) in [5, 5.41) is 3.60. The van der Waals surface area contributed by atoms with Gasteiger partial charge < -0.3 is 5.32 Å². The minimum Gasteiger partial charge on any atom is -0.306 e.